The molecule has 78 valence electrons. The Hall–Kier alpha value is -0.750. The monoisotopic (exact) mass is 197 g/mol. The van der Waals surface area contributed by atoms with Gasteiger partial charge in [-0.05, 0) is 19.9 Å². The first-order valence-corrected chi connectivity index (χ1v) is 3.92. The molecule has 0 spiro atoms. The highest BCUT2D eigenvalue weighted by Crippen LogP contribution is 2.06. The summed E-state index contributed by atoms with van der Waals surface area (Å²) in [4.78, 5) is 10.9. The van der Waals surface area contributed by atoms with E-state index in [1.54, 1.807) is 6.92 Å². The Bertz CT molecular complexity index is 155. The molecular formula is C7H13F2NO3. The summed E-state index contributed by atoms with van der Waals surface area (Å²) in [5, 5.41) is 0. The summed E-state index contributed by atoms with van der Waals surface area (Å²) in [7, 11) is 0. The number of ether oxygens (including phenoxy) is 2. The van der Waals surface area contributed by atoms with E-state index in [1.165, 1.54) is 0 Å². The van der Waals surface area contributed by atoms with Gasteiger partial charge in [0.1, 0.15) is 0 Å². The fraction of sp³-hybridized carbons (Fsp3) is 0.857. The average Bonchev–Trinajstić information content (AvgIpc) is 2.03. The Balaban J connectivity index is 3.98. The van der Waals surface area contributed by atoms with E-state index in [0.717, 1.165) is 0 Å². The minimum absolute atomic E-state index is 0.0309. The van der Waals surface area contributed by atoms with Crippen molar-refractivity contribution in [2.75, 3.05) is 13.2 Å². The lowest BCUT2D eigenvalue weighted by atomic mass is 10.2. The van der Waals surface area contributed by atoms with Crippen molar-refractivity contribution in [2.24, 2.45) is 5.73 Å². The van der Waals surface area contributed by atoms with Crippen molar-refractivity contribution >= 4 is 5.97 Å². The smallest absolute Gasteiger partial charge is 0.346 e. The molecule has 0 aromatic rings. The molecule has 0 fully saturated rings. The molecule has 0 aliphatic carbocycles. The van der Waals surface area contributed by atoms with Crippen LogP contribution in [0.25, 0.3) is 0 Å². The Morgan fingerprint density at radius 1 is 1.54 bits per heavy atom. The van der Waals surface area contributed by atoms with E-state index in [0.29, 0.717) is 0 Å². The molecule has 13 heavy (non-hydrogen) atoms. The minimum Gasteiger partial charge on any atom is -0.464 e. The summed E-state index contributed by atoms with van der Waals surface area (Å²) in [6, 6.07) is 0. The second-order valence-corrected chi connectivity index (χ2v) is 2.21. The fourth-order valence-electron chi connectivity index (χ4n) is 0.752. The highest BCUT2D eigenvalue weighted by molar-refractivity contribution is 5.74. The van der Waals surface area contributed by atoms with Gasteiger partial charge in [0, 0.05) is 0 Å². The van der Waals surface area contributed by atoms with Crippen molar-refractivity contribution in [2.45, 2.75) is 26.1 Å². The number of carbonyl (C=O) groups is 1. The van der Waals surface area contributed by atoms with Crippen molar-refractivity contribution in [1.29, 1.82) is 0 Å². The maximum atomic E-state index is 11.7. The van der Waals surface area contributed by atoms with Crippen molar-refractivity contribution in [3.8, 4) is 0 Å². The normalized spacial score (nSPS) is 13.0. The van der Waals surface area contributed by atoms with E-state index >= 15 is 0 Å². The molecule has 0 bridgehead atoms. The third-order valence-electron chi connectivity index (χ3n) is 1.25. The van der Waals surface area contributed by atoms with Crippen LogP contribution in [0.4, 0.5) is 8.78 Å². The number of hydrogen-bond donors (Lipinski definition) is 1. The third kappa shape index (κ3) is 5.48. The van der Waals surface area contributed by atoms with Crippen molar-refractivity contribution in [3.63, 3.8) is 0 Å². The Kier molecular flexibility index (Phi) is 6.34. The first-order valence-electron chi connectivity index (χ1n) is 3.92. The summed E-state index contributed by atoms with van der Waals surface area (Å²) in [5.41, 5.74) is 5.11. The van der Waals surface area contributed by atoms with Gasteiger partial charge in [0.25, 0.3) is 0 Å². The maximum absolute atomic E-state index is 11.7. The van der Waals surface area contributed by atoms with Gasteiger partial charge in [-0.2, -0.15) is 8.78 Å². The van der Waals surface area contributed by atoms with E-state index in [2.05, 4.69) is 9.47 Å². The molecule has 4 nitrogen and oxygen atoms in total. The zero-order chi connectivity index (χ0) is 10.3. The predicted molar refractivity (Wildman–Crippen MR) is 41.2 cm³/mol. The largest absolute Gasteiger partial charge is 0.464 e. The maximum Gasteiger partial charge on any atom is 0.346 e. The molecular weight excluding hydrogens is 184 g/mol. The van der Waals surface area contributed by atoms with Crippen molar-refractivity contribution in [3.05, 3.63) is 0 Å². The summed E-state index contributed by atoms with van der Waals surface area (Å²) < 4.78 is 32.0. The van der Waals surface area contributed by atoms with Crippen LogP contribution in [-0.2, 0) is 14.3 Å². The van der Waals surface area contributed by atoms with E-state index in [-0.39, 0.29) is 19.6 Å². The van der Waals surface area contributed by atoms with Gasteiger partial charge in [0.05, 0.1) is 6.61 Å². The Morgan fingerprint density at radius 2 is 2.15 bits per heavy atom. The molecule has 0 saturated carbocycles. The van der Waals surface area contributed by atoms with Crippen LogP contribution in [-0.4, -0.2) is 31.8 Å². The van der Waals surface area contributed by atoms with Crippen LogP contribution in [0.3, 0.4) is 0 Å². The standard InChI is InChI=1S/C7H13F2NO3/c1-2-12-6(11)5(3-4-10)13-7(8)9/h5,7H,2-4,10H2,1H3/t5-/m0/s1. The number of alkyl halides is 2. The lowest BCUT2D eigenvalue weighted by molar-refractivity contribution is -0.191. The third-order valence-corrected chi connectivity index (χ3v) is 1.25. The molecule has 0 unspecified atom stereocenters. The quantitative estimate of drug-likeness (QED) is 0.630. The second-order valence-electron chi connectivity index (χ2n) is 2.21. The predicted octanol–water partition coefficient (Wildman–Crippen LogP) is 0.506. The molecule has 2 N–H and O–H groups in total. The van der Waals surface area contributed by atoms with E-state index in [1.807, 2.05) is 0 Å². The van der Waals surface area contributed by atoms with Gasteiger partial charge in [-0.3, -0.25) is 0 Å². The van der Waals surface area contributed by atoms with Gasteiger partial charge in [0.15, 0.2) is 6.10 Å². The summed E-state index contributed by atoms with van der Waals surface area (Å²) in [6.07, 6.45) is -1.23. The van der Waals surface area contributed by atoms with E-state index in [4.69, 9.17) is 5.73 Å². The number of esters is 1. The first kappa shape index (κ1) is 12.2. The van der Waals surface area contributed by atoms with Gasteiger partial charge in [0.2, 0.25) is 0 Å². The van der Waals surface area contributed by atoms with Crippen LogP contribution in [0.2, 0.25) is 0 Å². The summed E-state index contributed by atoms with van der Waals surface area (Å²) >= 11 is 0. The molecule has 0 aliphatic heterocycles. The Labute approximate surface area is 75.0 Å². The van der Waals surface area contributed by atoms with Crippen LogP contribution in [0.15, 0.2) is 0 Å². The first-order chi connectivity index (χ1) is 6.11. The Morgan fingerprint density at radius 3 is 2.54 bits per heavy atom. The molecule has 0 saturated heterocycles. The van der Waals surface area contributed by atoms with E-state index < -0.39 is 18.7 Å². The lowest BCUT2D eigenvalue weighted by Gasteiger charge is -2.14. The molecule has 0 rings (SSSR count). The van der Waals surface area contributed by atoms with E-state index in [9.17, 15) is 13.6 Å². The van der Waals surface area contributed by atoms with Crippen LogP contribution in [0.5, 0.6) is 0 Å². The number of nitrogens with two attached hydrogens (primary N) is 1. The van der Waals surface area contributed by atoms with Gasteiger partial charge in [-0.25, -0.2) is 4.79 Å². The molecule has 0 radical (unpaired) electrons. The molecule has 0 aromatic carbocycles. The fourth-order valence-corrected chi connectivity index (χ4v) is 0.752. The van der Waals surface area contributed by atoms with Gasteiger partial charge < -0.3 is 15.2 Å². The minimum atomic E-state index is -2.99. The number of carbonyl (C=O) groups excluding carboxylic acids is 1. The lowest BCUT2D eigenvalue weighted by Crippen LogP contribution is -2.30. The zero-order valence-electron chi connectivity index (χ0n) is 7.33. The highest BCUT2D eigenvalue weighted by atomic mass is 19.3. The van der Waals surface area contributed by atoms with Gasteiger partial charge in [-0.15, -0.1) is 0 Å². The molecule has 6 heteroatoms. The zero-order valence-corrected chi connectivity index (χ0v) is 7.33. The van der Waals surface area contributed by atoms with Crippen LogP contribution < -0.4 is 5.73 Å². The number of hydrogen-bond acceptors (Lipinski definition) is 4. The topological polar surface area (TPSA) is 61.5 Å². The second kappa shape index (κ2) is 6.73. The van der Waals surface area contributed by atoms with Crippen LogP contribution >= 0.6 is 0 Å². The van der Waals surface area contributed by atoms with Crippen molar-refractivity contribution < 1.29 is 23.0 Å². The molecule has 0 aliphatic rings. The van der Waals surface area contributed by atoms with Crippen LogP contribution in [0.1, 0.15) is 13.3 Å². The number of halogens is 2. The SMILES string of the molecule is CCOC(=O)[C@H](CCN)OC(F)F. The molecule has 1 atom stereocenters. The van der Waals surface area contributed by atoms with Gasteiger partial charge in [-0.1, -0.05) is 0 Å². The van der Waals surface area contributed by atoms with Crippen molar-refractivity contribution in [1.82, 2.24) is 0 Å². The summed E-state index contributed by atoms with van der Waals surface area (Å²) in [5.74, 6) is -0.798. The summed E-state index contributed by atoms with van der Waals surface area (Å²) in [6.45, 7) is -1.18. The highest BCUT2D eigenvalue weighted by Gasteiger charge is 2.23. The molecule has 0 amide bonds. The molecule has 0 aromatic heterocycles. The number of rotatable bonds is 6. The molecule has 0 heterocycles. The average molecular weight is 197 g/mol. The van der Waals surface area contributed by atoms with Crippen LogP contribution in [0, 0.1) is 0 Å². The van der Waals surface area contributed by atoms with Gasteiger partial charge >= 0.3 is 12.6 Å².